The summed E-state index contributed by atoms with van der Waals surface area (Å²) in [5.41, 5.74) is 3.34. The fraction of sp³-hybridized carbons (Fsp3) is 0.316. The van der Waals surface area contributed by atoms with E-state index in [9.17, 15) is 5.26 Å². The third-order valence-electron chi connectivity index (χ3n) is 4.61. The Labute approximate surface area is 142 Å². The molecule has 2 N–H and O–H groups in total. The summed E-state index contributed by atoms with van der Waals surface area (Å²) in [4.78, 5) is 3.21. The minimum Gasteiger partial charge on any atom is -0.322 e. The van der Waals surface area contributed by atoms with E-state index in [1.54, 1.807) is 9.80 Å². The molecule has 0 atom stereocenters. The highest BCUT2D eigenvalue weighted by atomic mass is 35.5. The van der Waals surface area contributed by atoms with Gasteiger partial charge in [0.25, 0.3) is 0 Å². The van der Waals surface area contributed by atoms with Gasteiger partial charge < -0.3 is 9.80 Å². The van der Waals surface area contributed by atoms with Crippen LogP contribution in [-0.4, -0.2) is 26.2 Å². The molecule has 1 fully saturated rings. The van der Waals surface area contributed by atoms with Crippen LogP contribution in [0.5, 0.6) is 0 Å². The van der Waals surface area contributed by atoms with Gasteiger partial charge in [0, 0.05) is 16.1 Å². The van der Waals surface area contributed by atoms with E-state index in [-0.39, 0.29) is 0 Å². The van der Waals surface area contributed by atoms with Crippen molar-refractivity contribution in [2.75, 3.05) is 26.2 Å². The number of piperazine rings is 1. The lowest BCUT2D eigenvalue weighted by atomic mass is 10.1. The molecule has 0 spiro atoms. The minimum atomic E-state index is 0.800. The van der Waals surface area contributed by atoms with Crippen molar-refractivity contribution in [3.05, 3.63) is 70.2 Å². The predicted molar refractivity (Wildman–Crippen MR) is 91.4 cm³/mol. The summed E-state index contributed by atoms with van der Waals surface area (Å²) in [5, 5.41) is 10.0. The first-order chi connectivity index (χ1) is 11.2. The Morgan fingerprint density at radius 3 is 2.13 bits per heavy atom. The minimum absolute atomic E-state index is 0.800. The Morgan fingerprint density at radius 2 is 1.48 bits per heavy atom. The van der Waals surface area contributed by atoms with Gasteiger partial charge in [0.05, 0.1) is 11.6 Å². The first-order valence-corrected chi connectivity index (χ1v) is 8.52. The monoisotopic (exact) mass is 327 g/mol. The number of nitriles is 1. The molecule has 0 aliphatic carbocycles. The molecule has 0 radical (unpaired) electrons. The highest BCUT2D eigenvalue weighted by molar-refractivity contribution is 6.30. The van der Waals surface area contributed by atoms with Crippen LogP contribution in [0.15, 0.2) is 48.5 Å². The molecule has 1 saturated heterocycles. The molecule has 0 bridgehead atoms. The number of halogens is 1. The lowest BCUT2D eigenvalue weighted by Gasteiger charge is -2.30. The number of hydrogen-bond donors (Lipinski definition) is 2. The quantitative estimate of drug-likeness (QED) is 0.851. The standard InChI is InChI=1S/C19H20ClN3/c20-19-7-5-16(6-8-19)14-22-9-11-23(12-10-22)15-18-4-2-1-3-17(18)13-21/h1-8H,9-12,14-15H2/p+2. The molecule has 2 aromatic carbocycles. The van der Waals surface area contributed by atoms with Gasteiger partial charge in [0.2, 0.25) is 0 Å². The average molecular weight is 328 g/mol. The van der Waals surface area contributed by atoms with Gasteiger partial charge in [-0.3, -0.25) is 0 Å². The van der Waals surface area contributed by atoms with Gasteiger partial charge in [-0.2, -0.15) is 5.26 Å². The molecular weight excluding hydrogens is 306 g/mol. The van der Waals surface area contributed by atoms with Crippen LogP contribution in [0.4, 0.5) is 0 Å². The van der Waals surface area contributed by atoms with Crippen LogP contribution in [0, 0.1) is 11.3 Å². The van der Waals surface area contributed by atoms with E-state index < -0.39 is 0 Å². The molecule has 3 rings (SSSR count). The predicted octanol–water partition coefficient (Wildman–Crippen LogP) is 0.695. The average Bonchev–Trinajstić information content (AvgIpc) is 2.59. The molecule has 0 saturated carbocycles. The van der Waals surface area contributed by atoms with Crippen LogP contribution in [0.3, 0.4) is 0 Å². The van der Waals surface area contributed by atoms with E-state index in [1.807, 2.05) is 30.3 Å². The largest absolute Gasteiger partial charge is 0.322 e. The summed E-state index contributed by atoms with van der Waals surface area (Å²) in [6.07, 6.45) is 0. The number of nitrogens with zero attached hydrogens (tertiary/aromatic N) is 1. The summed E-state index contributed by atoms with van der Waals surface area (Å²) in [7, 11) is 0. The Kier molecular flexibility index (Phi) is 5.30. The molecule has 0 amide bonds. The molecule has 1 aliphatic heterocycles. The van der Waals surface area contributed by atoms with Crippen molar-refractivity contribution in [1.82, 2.24) is 0 Å². The maximum Gasteiger partial charge on any atom is 0.127 e. The fourth-order valence-electron chi connectivity index (χ4n) is 3.25. The summed E-state index contributed by atoms with van der Waals surface area (Å²) < 4.78 is 0. The maximum atomic E-state index is 9.20. The third-order valence-corrected chi connectivity index (χ3v) is 4.86. The van der Waals surface area contributed by atoms with Crippen molar-refractivity contribution < 1.29 is 9.80 Å². The second kappa shape index (κ2) is 7.61. The van der Waals surface area contributed by atoms with Gasteiger partial charge >= 0.3 is 0 Å². The van der Waals surface area contributed by atoms with E-state index in [0.717, 1.165) is 36.8 Å². The van der Waals surface area contributed by atoms with E-state index in [0.29, 0.717) is 0 Å². The molecular formula is C19H22ClN3+2. The topological polar surface area (TPSA) is 32.7 Å². The van der Waals surface area contributed by atoms with Gasteiger partial charge in [-0.15, -0.1) is 0 Å². The second-order valence-electron chi connectivity index (χ2n) is 6.25. The molecule has 23 heavy (non-hydrogen) atoms. The summed E-state index contributed by atoms with van der Waals surface area (Å²) in [6, 6.07) is 18.4. The normalized spacial score (nSPS) is 20.9. The molecule has 1 heterocycles. The van der Waals surface area contributed by atoms with Crippen LogP contribution < -0.4 is 9.80 Å². The van der Waals surface area contributed by atoms with E-state index in [1.165, 1.54) is 24.2 Å². The molecule has 4 heteroatoms. The van der Waals surface area contributed by atoms with Crippen molar-refractivity contribution >= 4 is 11.6 Å². The lowest BCUT2D eigenvalue weighted by Crippen LogP contribution is -3.27. The zero-order valence-corrected chi connectivity index (χ0v) is 13.9. The molecule has 2 aromatic rings. The van der Waals surface area contributed by atoms with E-state index >= 15 is 0 Å². The lowest BCUT2D eigenvalue weighted by molar-refractivity contribution is -1.02. The maximum absolute atomic E-state index is 9.20. The Balaban J connectivity index is 1.52. The molecule has 0 unspecified atom stereocenters. The van der Waals surface area contributed by atoms with E-state index in [2.05, 4.69) is 24.3 Å². The molecule has 0 aromatic heterocycles. The van der Waals surface area contributed by atoms with Crippen molar-refractivity contribution in [1.29, 1.82) is 5.26 Å². The highest BCUT2D eigenvalue weighted by Crippen LogP contribution is 2.08. The molecule has 3 nitrogen and oxygen atoms in total. The van der Waals surface area contributed by atoms with Crippen LogP contribution in [0.2, 0.25) is 5.02 Å². The summed E-state index contributed by atoms with van der Waals surface area (Å²) in [6.45, 7) is 6.68. The summed E-state index contributed by atoms with van der Waals surface area (Å²) >= 11 is 5.94. The van der Waals surface area contributed by atoms with Gasteiger partial charge in [-0.05, 0) is 18.2 Å². The number of rotatable bonds is 4. The van der Waals surface area contributed by atoms with Crippen molar-refractivity contribution in [2.24, 2.45) is 0 Å². The smallest absolute Gasteiger partial charge is 0.127 e. The fourth-order valence-corrected chi connectivity index (χ4v) is 3.38. The van der Waals surface area contributed by atoms with Crippen molar-refractivity contribution in [3.63, 3.8) is 0 Å². The Hall–Kier alpha value is -1.86. The van der Waals surface area contributed by atoms with Crippen LogP contribution in [0.25, 0.3) is 0 Å². The van der Waals surface area contributed by atoms with Gasteiger partial charge in [-0.25, -0.2) is 0 Å². The van der Waals surface area contributed by atoms with Crippen molar-refractivity contribution in [3.8, 4) is 6.07 Å². The van der Waals surface area contributed by atoms with Gasteiger partial charge in [-0.1, -0.05) is 41.9 Å². The van der Waals surface area contributed by atoms with Gasteiger partial charge in [0.1, 0.15) is 39.3 Å². The highest BCUT2D eigenvalue weighted by Gasteiger charge is 2.23. The summed E-state index contributed by atoms with van der Waals surface area (Å²) in [5.74, 6) is 0. The Bertz CT molecular complexity index is 683. The molecule has 118 valence electrons. The van der Waals surface area contributed by atoms with Crippen LogP contribution >= 0.6 is 11.6 Å². The first-order valence-electron chi connectivity index (χ1n) is 8.14. The Morgan fingerprint density at radius 1 is 0.870 bits per heavy atom. The number of hydrogen-bond acceptors (Lipinski definition) is 1. The zero-order chi connectivity index (χ0) is 16.1. The zero-order valence-electron chi connectivity index (χ0n) is 13.2. The first kappa shape index (κ1) is 16.0. The van der Waals surface area contributed by atoms with Crippen LogP contribution in [0.1, 0.15) is 16.7 Å². The SMILES string of the molecule is N#Cc1ccccc1C[NH+]1CC[NH+](Cc2ccc(Cl)cc2)CC1. The second-order valence-corrected chi connectivity index (χ2v) is 6.69. The number of nitrogens with one attached hydrogen (secondary N) is 2. The number of quaternary nitrogens is 2. The number of benzene rings is 2. The van der Waals surface area contributed by atoms with Crippen LogP contribution in [-0.2, 0) is 13.1 Å². The third kappa shape index (κ3) is 4.33. The van der Waals surface area contributed by atoms with Gasteiger partial charge in [0.15, 0.2) is 0 Å². The van der Waals surface area contributed by atoms with Crippen molar-refractivity contribution in [2.45, 2.75) is 13.1 Å². The van der Waals surface area contributed by atoms with E-state index in [4.69, 9.17) is 11.6 Å². The molecule has 1 aliphatic rings.